The summed E-state index contributed by atoms with van der Waals surface area (Å²) >= 11 is 0. The van der Waals surface area contributed by atoms with E-state index in [1.54, 1.807) is 6.92 Å². The van der Waals surface area contributed by atoms with Crippen molar-refractivity contribution in [3.63, 3.8) is 0 Å². The molecule has 0 saturated carbocycles. The summed E-state index contributed by atoms with van der Waals surface area (Å²) in [7, 11) is 0. The van der Waals surface area contributed by atoms with Crippen molar-refractivity contribution in [1.29, 1.82) is 0 Å². The highest BCUT2D eigenvalue weighted by Gasteiger charge is 2.48. The van der Waals surface area contributed by atoms with Crippen LogP contribution in [0, 0.1) is 6.92 Å². The van der Waals surface area contributed by atoms with Gasteiger partial charge in [-0.05, 0) is 12.1 Å². The van der Waals surface area contributed by atoms with E-state index in [9.17, 15) is 20.1 Å². The van der Waals surface area contributed by atoms with E-state index in [0.717, 1.165) is 4.80 Å². The fraction of sp³-hybridized carbons (Fsp3) is 0.750. The molecule has 0 radical (unpaired) electrons. The van der Waals surface area contributed by atoms with E-state index >= 15 is 0 Å². The number of carboxylic acids is 1. The number of hydrogen-bond donors (Lipinski definition) is 4. The second-order valence-corrected chi connectivity index (χ2v) is 3.91. The summed E-state index contributed by atoms with van der Waals surface area (Å²) in [5, 5.41) is 48.4. The van der Waals surface area contributed by atoms with Gasteiger partial charge in [0.2, 0.25) is 6.23 Å². The second-order valence-electron chi connectivity index (χ2n) is 3.91. The number of nitrogens with zero attached hydrogens (tertiary/aromatic N) is 4. The van der Waals surface area contributed by atoms with Gasteiger partial charge in [0.15, 0.2) is 11.9 Å². The SMILES string of the molecule is Cc1nnn(C2OC(C(=O)O)C(O)C(O)C2O)n1. The Kier molecular flexibility index (Phi) is 3.26. The summed E-state index contributed by atoms with van der Waals surface area (Å²) in [6.45, 7) is 1.54. The Morgan fingerprint density at radius 1 is 1.28 bits per heavy atom. The van der Waals surface area contributed by atoms with Crippen molar-refractivity contribution in [2.45, 2.75) is 37.6 Å². The fourth-order valence-electron chi connectivity index (χ4n) is 1.66. The minimum atomic E-state index is -1.74. The summed E-state index contributed by atoms with van der Waals surface area (Å²) in [6.07, 6.45) is -8.00. The van der Waals surface area contributed by atoms with Crippen LogP contribution in [0.3, 0.4) is 0 Å². The molecule has 4 N–H and O–H groups in total. The third-order valence-electron chi connectivity index (χ3n) is 2.59. The zero-order valence-corrected chi connectivity index (χ0v) is 9.28. The third kappa shape index (κ3) is 2.06. The molecule has 1 aliphatic heterocycles. The Morgan fingerprint density at radius 2 is 1.94 bits per heavy atom. The highest BCUT2D eigenvalue weighted by molar-refractivity contribution is 5.73. The number of hydrogen-bond acceptors (Lipinski definition) is 8. The van der Waals surface area contributed by atoms with Crippen molar-refractivity contribution in [1.82, 2.24) is 20.2 Å². The Morgan fingerprint density at radius 3 is 2.44 bits per heavy atom. The van der Waals surface area contributed by atoms with E-state index in [2.05, 4.69) is 15.4 Å². The topological polar surface area (TPSA) is 151 Å². The maximum atomic E-state index is 10.9. The molecule has 1 aromatic heterocycles. The van der Waals surface area contributed by atoms with Gasteiger partial charge in [0, 0.05) is 0 Å². The number of aliphatic hydroxyl groups is 3. The summed E-state index contributed by atoms with van der Waals surface area (Å²) in [6, 6.07) is 0. The van der Waals surface area contributed by atoms with Gasteiger partial charge in [0.05, 0.1) is 0 Å². The highest BCUT2D eigenvalue weighted by atomic mass is 16.6. The molecule has 1 saturated heterocycles. The molecule has 1 aromatic rings. The van der Waals surface area contributed by atoms with E-state index in [4.69, 9.17) is 9.84 Å². The van der Waals surface area contributed by atoms with Crippen LogP contribution in [0.1, 0.15) is 12.1 Å². The van der Waals surface area contributed by atoms with Crippen molar-refractivity contribution >= 4 is 5.97 Å². The Labute approximate surface area is 100 Å². The minimum Gasteiger partial charge on any atom is -0.479 e. The van der Waals surface area contributed by atoms with Crippen LogP contribution >= 0.6 is 0 Å². The van der Waals surface area contributed by atoms with Crippen molar-refractivity contribution in [2.24, 2.45) is 0 Å². The molecule has 100 valence electrons. The monoisotopic (exact) mass is 260 g/mol. The van der Waals surface area contributed by atoms with Gasteiger partial charge in [-0.3, -0.25) is 0 Å². The average molecular weight is 260 g/mol. The lowest BCUT2D eigenvalue weighted by atomic mass is 9.98. The molecule has 10 heteroatoms. The molecule has 0 amide bonds. The first-order chi connectivity index (χ1) is 8.41. The number of aryl methyl sites for hydroxylation is 1. The first kappa shape index (κ1) is 12.8. The Bertz CT molecular complexity index is 451. The molecule has 0 spiro atoms. The maximum Gasteiger partial charge on any atom is 0.335 e. The number of aliphatic hydroxyl groups excluding tert-OH is 3. The standard InChI is InChI=1S/C8H12N4O6/c1-2-9-11-12(10-2)7-5(15)3(13)4(14)6(18-7)8(16)17/h3-7,13-15H,1H3,(H,16,17). The van der Waals surface area contributed by atoms with E-state index in [0.29, 0.717) is 5.82 Å². The average Bonchev–Trinajstić information content (AvgIpc) is 2.72. The number of tetrazole rings is 1. The fourth-order valence-corrected chi connectivity index (χ4v) is 1.66. The molecule has 0 bridgehead atoms. The van der Waals surface area contributed by atoms with Crippen LogP contribution in [-0.2, 0) is 9.53 Å². The van der Waals surface area contributed by atoms with E-state index < -0.39 is 36.6 Å². The van der Waals surface area contributed by atoms with E-state index in [1.807, 2.05) is 0 Å². The van der Waals surface area contributed by atoms with Crippen molar-refractivity contribution in [3.8, 4) is 0 Å². The van der Waals surface area contributed by atoms with Gasteiger partial charge >= 0.3 is 5.97 Å². The van der Waals surface area contributed by atoms with Crippen LogP contribution in [0.15, 0.2) is 0 Å². The zero-order chi connectivity index (χ0) is 13.4. The maximum absolute atomic E-state index is 10.9. The predicted molar refractivity (Wildman–Crippen MR) is 52.1 cm³/mol. The van der Waals surface area contributed by atoms with Crippen LogP contribution in [-0.4, -0.2) is 71.0 Å². The highest BCUT2D eigenvalue weighted by Crippen LogP contribution is 2.27. The molecule has 1 fully saturated rings. The van der Waals surface area contributed by atoms with Crippen LogP contribution < -0.4 is 0 Å². The second kappa shape index (κ2) is 4.57. The van der Waals surface area contributed by atoms with Gasteiger partial charge < -0.3 is 25.2 Å². The normalized spacial score (nSPS) is 36.6. The lowest BCUT2D eigenvalue weighted by Crippen LogP contribution is -2.58. The summed E-state index contributed by atoms with van der Waals surface area (Å²) in [5.41, 5.74) is 0. The number of ether oxygens (including phenoxy) is 1. The number of aromatic nitrogens is 4. The molecule has 0 aromatic carbocycles. The van der Waals surface area contributed by atoms with Crippen LogP contribution in [0.25, 0.3) is 0 Å². The van der Waals surface area contributed by atoms with Gasteiger partial charge in [0.25, 0.3) is 0 Å². The number of rotatable bonds is 2. The predicted octanol–water partition coefficient (Wildman–Crippen LogP) is -2.95. The van der Waals surface area contributed by atoms with Gasteiger partial charge in [-0.2, -0.15) is 0 Å². The number of aliphatic carboxylic acids is 1. The largest absolute Gasteiger partial charge is 0.479 e. The van der Waals surface area contributed by atoms with Gasteiger partial charge in [0.1, 0.15) is 18.3 Å². The number of carbonyl (C=O) groups is 1. The van der Waals surface area contributed by atoms with Crippen LogP contribution in [0.2, 0.25) is 0 Å². The molecule has 10 nitrogen and oxygen atoms in total. The van der Waals surface area contributed by atoms with Crippen molar-refractivity contribution in [2.75, 3.05) is 0 Å². The van der Waals surface area contributed by atoms with Crippen LogP contribution in [0.5, 0.6) is 0 Å². The molecular formula is C8H12N4O6. The summed E-state index contributed by atoms with van der Waals surface area (Å²) in [5.74, 6) is -1.17. The Hall–Kier alpha value is -1.62. The van der Waals surface area contributed by atoms with E-state index in [1.165, 1.54) is 0 Å². The third-order valence-corrected chi connectivity index (χ3v) is 2.59. The van der Waals surface area contributed by atoms with Gasteiger partial charge in [-0.25, -0.2) is 4.79 Å². The summed E-state index contributed by atoms with van der Waals surface area (Å²) in [4.78, 5) is 11.7. The molecular weight excluding hydrogens is 248 g/mol. The molecule has 2 heterocycles. The number of carboxylic acid groups (broad SMARTS) is 1. The van der Waals surface area contributed by atoms with Crippen LogP contribution in [0.4, 0.5) is 0 Å². The van der Waals surface area contributed by atoms with Gasteiger partial charge in [-0.1, -0.05) is 0 Å². The molecule has 1 aliphatic rings. The molecule has 18 heavy (non-hydrogen) atoms. The minimum absolute atomic E-state index is 0.290. The van der Waals surface area contributed by atoms with E-state index in [-0.39, 0.29) is 0 Å². The first-order valence-corrected chi connectivity index (χ1v) is 5.10. The molecule has 2 rings (SSSR count). The molecule has 5 unspecified atom stereocenters. The van der Waals surface area contributed by atoms with Crippen molar-refractivity contribution < 1.29 is 30.0 Å². The first-order valence-electron chi connectivity index (χ1n) is 5.10. The quantitative estimate of drug-likeness (QED) is 0.437. The smallest absolute Gasteiger partial charge is 0.335 e. The lowest BCUT2D eigenvalue weighted by molar-refractivity contribution is -0.252. The molecule has 0 aliphatic carbocycles. The lowest BCUT2D eigenvalue weighted by Gasteiger charge is -2.37. The Balaban J connectivity index is 2.27. The van der Waals surface area contributed by atoms with Crippen molar-refractivity contribution in [3.05, 3.63) is 5.82 Å². The van der Waals surface area contributed by atoms with Gasteiger partial charge in [-0.15, -0.1) is 15.0 Å². The zero-order valence-electron chi connectivity index (χ0n) is 9.28. The molecule has 5 atom stereocenters. The summed E-state index contributed by atoms with van der Waals surface area (Å²) < 4.78 is 4.98.